The molecule has 0 radical (unpaired) electrons. The average Bonchev–Trinajstić information content (AvgIpc) is 3.43. The lowest BCUT2D eigenvalue weighted by Crippen LogP contribution is -2.58. The molecule has 2 aromatic carbocycles. The summed E-state index contributed by atoms with van der Waals surface area (Å²) in [6, 6.07) is 14.5. The van der Waals surface area contributed by atoms with E-state index in [4.69, 9.17) is 4.74 Å². The number of rotatable bonds is 17. The van der Waals surface area contributed by atoms with Gasteiger partial charge in [0.15, 0.2) is 11.6 Å². The van der Waals surface area contributed by atoms with Crippen molar-refractivity contribution in [3.63, 3.8) is 0 Å². The Kier molecular flexibility index (Phi) is 13.6. The fraction of sp³-hybridized carbons (Fsp3) is 0.548. The maximum Gasteiger partial charge on any atom is 0.413 e. The highest BCUT2D eigenvalue weighted by Crippen LogP contribution is 2.65. The monoisotopic (exact) mass is 744 g/mol. The minimum absolute atomic E-state index is 0.0660. The normalized spacial score (nSPS) is 20.1. The van der Waals surface area contributed by atoms with E-state index in [-0.39, 0.29) is 48.2 Å². The number of benzene rings is 2. The molecular weight excluding hydrogens is 688 g/mol. The van der Waals surface area contributed by atoms with Gasteiger partial charge in [0.25, 0.3) is 0 Å². The van der Waals surface area contributed by atoms with E-state index in [0.29, 0.717) is 30.7 Å². The number of para-hydroxylation sites is 1. The molecule has 292 valence electrons. The van der Waals surface area contributed by atoms with E-state index in [1.54, 1.807) is 79.7 Å². The third-order valence-corrected chi connectivity index (χ3v) is 10.9. The van der Waals surface area contributed by atoms with Gasteiger partial charge in [0.1, 0.15) is 17.8 Å². The van der Waals surface area contributed by atoms with Crippen LogP contribution in [0.2, 0.25) is 0 Å². The zero-order valence-corrected chi connectivity index (χ0v) is 32.8. The largest absolute Gasteiger partial charge is 0.413 e. The number of unbranched alkanes of at least 4 members (excludes halogenated alkanes) is 1. The lowest BCUT2D eigenvalue weighted by atomic mass is 9.83. The molecule has 3 unspecified atom stereocenters. The standard InChI is InChI=1S/C42H56N4O8/c1-9-10-17-27(36(50)30(47)22-23-32(49)43-34(38(51)45(7)8)26-18-13-11-14-19-26)24-31(48)35-33-29(42(33,5)6)25-46(35)39(52)37(41(2,3)4)44-40(53)54-28-20-15-12-16-21-28/h11-16,18-21,27,29,33-35,37H,9-10,17,22-25H2,1-8H3,(H,43,49)(H,44,53)/t27?,29?,33?,34-,35+,37+/m0/s1. The van der Waals surface area contributed by atoms with Crippen LogP contribution < -0.4 is 15.4 Å². The third kappa shape index (κ3) is 10.0. The number of piperidine rings is 1. The number of amides is 4. The molecule has 12 heteroatoms. The van der Waals surface area contributed by atoms with Gasteiger partial charge in [-0.25, -0.2) is 4.79 Å². The summed E-state index contributed by atoms with van der Waals surface area (Å²) in [5.74, 6) is -3.72. The molecule has 6 atom stereocenters. The molecule has 0 spiro atoms. The van der Waals surface area contributed by atoms with Crippen LogP contribution in [-0.2, 0) is 28.8 Å². The average molecular weight is 745 g/mol. The van der Waals surface area contributed by atoms with Crippen LogP contribution in [0.5, 0.6) is 5.75 Å². The van der Waals surface area contributed by atoms with Crippen molar-refractivity contribution in [1.82, 2.24) is 20.4 Å². The SMILES string of the molecule is CCCCC(CC(=O)[C@@H]1C2C(CN1C(=O)[C@@H](NC(=O)Oc1ccccc1)C(C)(C)C)C2(C)C)C(=O)C(=O)CCC(=O)N[C@H](C(=O)N(C)C)c1ccccc1. The summed E-state index contributed by atoms with van der Waals surface area (Å²) in [5, 5.41) is 5.43. The van der Waals surface area contributed by atoms with Crippen LogP contribution in [0.15, 0.2) is 60.7 Å². The second-order valence-electron chi connectivity index (χ2n) is 16.5. The first kappa shape index (κ1) is 41.9. The van der Waals surface area contributed by atoms with Gasteiger partial charge in [-0.15, -0.1) is 0 Å². The molecule has 1 aliphatic carbocycles. The molecule has 4 amide bonds. The Labute approximate surface area is 318 Å². The maximum atomic E-state index is 14.3. The number of hydrogen-bond donors (Lipinski definition) is 2. The number of likely N-dealkylation sites (N-methyl/N-ethyl adjacent to an activating group) is 1. The number of ketones is 3. The van der Waals surface area contributed by atoms with Gasteiger partial charge in [0.2, 0.25) is 23.5 Å². The van der Waals surface area contributed by atoms with Crippen LogP contribution >= 0.6 is 0 Å². The number of nitrogens with one attached hydrogen (secondary N) is 2. The third-order valence-electron chi connectivity index (χ3n) is 10.9. The fourth-order valence-corrected chi connectivity index (χ4v) is 7.58. The van der Waals surface area contributed by atoms with E-state index in [2.05, 4.69) is 24.5 Å². The topological polar surface area (TPSA) is 159 Å². The van der Waals surface area contributed by atoms with Crippen molar-refractivity contribution < 1.29 is 38.3 Å². The molecule has 1 heterocycles. The quantitative estimate of drug-likeness (QED) is 0.207. The Morgan fingerprint density at radius 2 is 1.52 bits per heavy atom. The number of carbonyl (C=O) groups is 7. The molecule has 0 aromatic heterocycles. The van der Waals surface area contributed by atoms with Crippen molar-refractivity contribution in [2.75, 3.05) is 20.6 Å². The van der Waals surface area contributed by atoms with Gasteiger partial charge in [0.05, 0.1) is 6.04 Å². The number of likely N-dealkylation sites (tertiary alicyclic amines) is 1. The van der Waals surface area contributed by atoms with Gasteiger partial charge in [0, 0.05) is 45.8 Å². The molecule has 54 heavy (non-hydrogen) atoms. The van der Waals surface area contributed by atoms with Crippen molar-refractivity contribution in [3.05, 3.63) is 66.2 Å². The number of hydrogen-bond acceptors (Lipinski definition) is 8. The molecule has 1 saturated heterocycles. The highest BCUT2D eigenvalue weighted by molar-refractivity contribution is 6.38. The maximum absolute atomic E-state index is 14.3. The lowest BCUT2D eigenvalue weighted by Gasteiger charge is -2.37. The molecule has 1 aliphatic heterocycles. The molecule has 2 aromatic rings. The molecule has 2 fully saturated rings. The van der Waals surface area contributed by atoms with Gasteiger partial charge in [-0.3, -0.25) is 28.8 Å². The first-order chi connectivity index (χ1) is 25.4. The minimum atomic E-state index is -1.01. The Bertz CT molecular complexity index is 1700. The molecule has 2 N–H and O–H groups in total. The van der Waals surface area contributed by atoms with E-state index in [0.717, 1.165) is 6.42 Å². The van der Waals surface area contributed by atoms with Crippen molar-refractivity contribution in [3.8, 4) is 5.75 Å². The zero-order chi connectivity index (χ0) is 40.0. The summed E-state index contributed by atoms with van der Waals surface area (Å²) in [5.41, 5.74) is -0.351. The second-order valence-corrected chi connectivity index (χ2v) is 16.5. The van der Waals surface area contributed by atoms with Crippen molar-refractivity contribution >= 4 is 41.2 Å². The van der Waals surface area contributed by atoms with E-state index >= 15 is 0 Å². The molecule has 2 aliphatic rings. The first-order valence-electron chi connectivity index (χ1n) is 18.9. The van der Waals surface area contributed by atoms with Crippen LogP contribution in [-0.4, -0.2) is 83.7 Å². The Morgan fingerprint density at radius 3 is 2.09 bits per heavy atom. The van der Waals surface area contributed by atoms with Gasteiger partial charge in [-0.05, 0) is 46.8 Å². The molecule has 4 rings (SSSR count). The van der Waals surface area contributed by atoms with E-state index < -0.39 is 58.9 Å². The van der Waals surface area contributed by atoms with E-state index in [1.165, 1.54) is 4.90 Å². The molecule has 12 nitrogen and oxygen atoms in total. The van der Waals surface area contributed by atoms with Crippen LogP contribution in [0.1, 0.15) is 91.7 Å². The number of Topliss-reactive ketones (excluding diaryl/α,β-unsaturated/α-hetero) is 3. The summed E-state index contributed by atoms with van der Waals surface area (Å²) >= 11 is 0. The van der Waals surface area contributed by atoms with Crippen LogP contribution in [0.4, 0.5) is 4.79 Å². The summed E-state index contributed by atoms with van der Waals surface area (Å²) < 4.78 is 5.42. The predicted octanol–water partition coefficient (Wildman–Crippen LogP) is 5.30. The van der Waals surface area contributed by atoms with Gasteiger partial charge in [-0.2, -0.15) is 0 Å². The van der Waals surface area contributed by atoms with Crippen LogP contribution in [0.25, 0.3) is 0 Å². The molecule has 1 saturated carbocycles. The number of carbonyl (C=O) groups excluding carboxylic acids is 7. The van der Waals surface area contributed by atoms with Gasteiger partial charge in [-0.1, -0.05) is 103 Å². The highest BCUT2D eigenvalue weighted by Gasteiger charge is 2.69. The lowest BCUT2D eigenvalue weighted by molar-refractivity contribution is -0.145. The summed E-state index contributed by atoms with van der Waals surface area (Å²) in [6.45, 7) is 11.9. The number of nitrogens with zero attached hydrogens (tertiary/aromatic N) is 2. The number of ether oxygens (including phenoxy) is 1. The number of fused-ring (bicyclic) bond motifs is 1. The molecule has 0 bridgehead atoms. The van der Waals surface area contributed by atoms with Crippen LogP contribution in [0, 0.1) is 28.6 Å². The second kappa shape index (κ2) is 17.5. The summed E-state index contributed by atoms with van der Waals surface area (Å²) in [4.78, 5) is 97.3. The van der Waals surface area contributed by atoms with Gasteiger partial charge < -0.3 is 25.2 Å². The predicted molar refractivity (Wildman–Crippen MR) is 203 cm³/mol. The van der Waals surface area contributed by atoms with Crippen LogP contribution in [0.3, 0.4) is 0 Å². The van der Waals surface area contributed by atoms with E-state index in [9.17, 15) is 33.6 Å². The van der Waals surface area contributed by atoms with Crippen molar-refractivity contribution in [1.29, 1.82) is 0 Å². The smallest absolute Gasteiger partial charge is 0.410 e. The highest BCUT2D eigenvalue weighted by atomic mass is 16.6. The fourth-order valence-electron chi connectivity index (χ4n) is 7.58. The Hall–Kier alpha value is -4.87. The van der Waals surface area contributed by atoms with Crippen molar-refractivity contribution in [2.24, 2.45) is 28.6 Å². The minimum Gasteiger partial charge on any atom is -0.410 e. The molecular formula is C42H56N4O8. The Balaban J connectivity index is 1.46. The summed E-state index contributed by atoms with van der Waals surface area (Å²) in [7, 11) is 3.16. The zero-order valence-electron chi connectivity index (χ0n) is 32.8. The van der Waals surface area contributed by atoms with Crippen molar-refractivity contribution in [2.45, 2.75) is 98.2 Å². The van der Waals surface area contributed by atoms with Gasteiger partial charge >= 0.3 is 6.09 Å². The summed E-state index contributed by atoms with van der Waals surface area (Å²) in [6.07, 6.45) is -0.0435. The van der Waals surface area contributed by atoms with E-state index in [1.807, 2.05) is 27.7 Å². The Morgan fingerprint density at radius 1 is 0.907 bits per heavy atom. The first-order valence-corrected chi connectivity index (χ1v) is 18.9.